The SMILES string of the molecule is Fc1c(Cl)cccc1NC1CCc2cc(Cl)ccc21. The number of hydrogen-bond donors (Lipinski definition) is 1. The van der Waals surface area contributed by atoms with Crippen LogP contribution in [0.2, 0.25) is 10.0 Å². The Morgan fingerprint density at radius 1 is 1.16 bits per heavy atom. The lowest BCUT2D eigenvalue weighted by molar-refractivity contribution is 0.625. The Hall–Kier alpha value is -1.25. The molecule has 4 heteroatoms. The smallest absolute Gasteiger partial charge is 0.164 e. The fraction of sp³-hybridized carbons (Fsp3) is 0.200. The second-order valence-electron chi connectivity index (χ2n) is 4.68. The van der Waals surface area contributed by atoms with Crippen molar-refractivity contribution in [1.82, 2.24) is 0 Å². The molecule has 0 aliphatic heterocycles. The molecular formula is C15H12Cl2FN. The third-order valence-electron chi connectivity index (χ3n) is 3.46. The number of anilines is 1. The Kier molecular flexibility index (Phi) is 3.38. The minimum absolute atomic E-state index is 0.111. The van der Waals surface area contributed by atoms with Crippen molar-refractivity contribution in [3.63, 3.8) is 0 Å². The molecule has 0 bridgehead atoms. The molecule has 2 aromatic rings. The summed E-state index contributed by atoms with van der Waals surface area (Å²) >= 11 is 11.8. The first-order valence-corrected chi connectivity index (χ1v) is 6.89. The van der Waals surface area contributed by atoms with E-state index in [1.807, 2.05) is 18.2 Å². The van der Waals surface area contributed by atoms with E-state index < -0.39 is 5.82 Å². The van der Waals surface area contributed by atoms with Crippen molar-refractivity contribution in [2.24, 2.45) is 0 Å². The van der Waals surface area contributed by atoms with Gasteiger partial charge in [0.1, 0.15) is 0 Å². The second-order valence-corrected chi connectivity index (χ2v) is 5.52. The summed E-state index contributed by atoms with van der Waals surface area (Å²) in [6.45, 7) is 0. The lowest BCUT2D eigenvalue weighted by Crippen LogP contribution is -2.08. The quantitative estimate of drug-likeness (QED) is 0.800. The van der Waals surface area contributed by atoms with E-state index in [0.717, 1.165) is 17.9 Å². The van der Waals surface area contributed by atoms with Crippen molar-refractivity contribution >= 4 is 28.9 Å². The van der Waals surface area contributed by atoms with E-state index in [0.29, 0.717) is 5.69 Å². The third-order valence-corrected chi connectivity index (χ3v) is 3.99. The summed E-state index contributed by atoms with van der Waals surface area (Å²) in [5, 5.41) is 4.11. The highest BCUT2D eigenvalue weighted by Gasteiger charge is 2.23. The molecule has 0 radical (unpaired) electrons. The second kappa shape index (κ2) is 5.03. The molecule has 0 aromatic heterocycles. The van der Waals surface area contributed by atoms with Gasteiger partial charge in [0.2, 0.25) is 0 Å². The molecule has 1 nitrogen and oxygen atoms in total. The molecule has 0 spiro atoms. The molecule has 0 heterocycles. The minimum atomic E-state index is -0.397. The van der Waals surface area contributed by atoms with E-state index in [9.17, 15) is 4.39 Å². The first-order chi connectivity index (χ1) is 9.15. The van der Waals surface area contributed by atoms with E-state index in [1.54, 1.807) is 18.2 Å². The third kappa shape index (κ3) is 2.43. The van der Waals surface area contributed by atoms with Crippen molar-refractivity contribution in [2.45, 2.75) is 18.9 Å². The first kappa shape index (κ1) is 12.8. The van der Waals surface area contributed by atoms with Crippen molar-refractivity contribution in [3.8, 4) is 0 Å². The van der Waals surface area contributed by atoms with Gasteiger partial charge < -0.3 is 5.32 Å². The Labute approximate surface area is 121 Å². The van der Waals surface area contributed by atoms with Crippen LogP contribution < -0.4 is 5.32 Å². The van der Waals surface area contributed by atoms with Crippen LogP contribution in [0.15, 0.2) is 36.4 Å². The average molecular weight is 296 g/mol. The van der Waals surface area contributed by atoms with Crippen LogP contribution in [0.25, 0.3) is 0 Å². The lowest BCUT2D eigenvalue weighted by Gasteiger charge is -2.16. The van der Waals surface area contributed by atoms with E-state index in [4.69, 9.17) is 23.2 Å². The van der Waals surface area contributed by atoms with Gasteiger partial charge in [-0.25, -0.2) is 4.39 Å². The number of nitrogens with one attached hydrogen (secondary N) is 1. The normalized spacial score (nSPS) is 17.3. The monoisotopic (exact) mass is 295 g/mol. The van der Waals surface area contributed by atoms with Gasteiger partial charge in [-0.2, -0.15) is 0 Å². The maximum Gasteiger partial charge on any atom is 0.164 e. The van der Waals surface area contributed by atoms with Gasteiger partial charge in [0.15, 0.2) is 5.82 Å². The largest absolute Gasteiger partial charge is 0.376 e. The first-order valence-electron chi connectivity index (χ1n) is 6.14. The minimum Gasteiger partial charge on any atom is -0.376 e. The molecule has 1 unspecified atom stereocenters. The van der Waals surface area contributed by atoms with Gasteiger partial charge in [0, 0.05) is 5.02 Å². The number of rotatable bonds is 2. The van der Waals surface area contributed by atoms with Crippen LogP contribution in [0.3, 0.4) is 0 Å². The molecule has 0 saturated heterocycles. The number of aryl methyl sites for hydroxylation is 1. The molecule has 19 heavy (non-hydrogen) atoms. The molecular weight excluding hydrogens is 284 g/mol. The van der Waals surface area contributed by atoms with Crippen molar-refractivity contribution in [2.75, 3.05) is 5.32 Å². The lowest BCUT2D eigenvalue weighted by atomic mass is 10.1. The van der Waals surface area contributed by atoms with Gasteiger partial charge in [0.05, 0.1) is 16.8 Å². The molecule has 1 N–H and O–H groups in total. The molecule has 0 fully saturated rings. The van der Waals surface area contributed by atoms with Crippen molar-refractivity contribution < 1.29 is 4.39 Å². The molecule has 0 amide bonds. The van der Waals surface area contributed by atoms with Gasteiger partial charge in [-0.15, -0.1) is 0 Å². The van der Waals surface area contributed by atoms with Gasteiger partial charge in [-0.3, -0.25) is 0 Å². The van der Waals surface area contributed by atoms with Crippen LogP contribution in [0.1, 0.15) is 23.6 Å². The summed E-state index contributed by atoms with van der Waals surface area (Å²) in [6, 6.07) is 11.0. The summed E-state index contributed by atoms with van der Waals surface area (Å²) in [5.41, 5.74) is 2.86. The summed E-state index contributed by atoms with van der Waals surface area (Å²) in [7, 11) is 0. The molecule has 1 aliphatic rings. The van der Waals surface area contributed by atoms with E-state index in [2.05, 4.69) is 5.32 Å². The molecule has 3 rings (SSSR count). The molecule has 1 aliphatic carbocycles. The number of fused-ring (bicyclic) bond motifs is 1. The molecule has 1 atom stereocenters. The Morgan fingerprint density at radius 3 is 2.84 bits per heavy atom. The highest BCUT2D eigenvalue weighted by Crippen LogP contribution is 2.36. The van der Waals surface area contributed by atoms with Crippen LogP contribution in [0.4, 0.5) is 10.1 Å². The van der Waals surface area contributed by atoms with Crippen LogP contribution in [0, 0.1) is 5.82 Å². The highest BCUT2D eigenvalue weighted by molar-refractivity contribution is 6.31. The molecule has 2 aromatic carbocycles. The van der Waals surface area contributed by atoms with Crippen molar-refractivity contribution in [3.05, 3.63) is 63.4 Å². The zero-order valence-corrected chi connectivity index (χ0v) is 11.6. The van der Waals surface area contributed by atoms with Crippen LogP contribution in [-0.4, -0.2) is 0 Å². The van der Waals surface area contributed by atoms with E-state index in [1.165, 1.54) is 11.1 Å². The molecule has 98 valence electrons. The zero-order valence-electron chi connectivity index (χ0n) is 10.1. The summed E-state index contributed by atoms with van der Waals surface area (Å²) in [4.78, 5) is 0. The van der Waals surface area contributed by atoms with Gasteiger partial charge >= 0.3 is 0 Å². The standard InChI is InChI=1S/C15H12Cl2FN/c16-10-5-6-11-9(8-10)4-7-13(11)19-14-3-1-2-12(17)15(14)18/h1-3,5-6,8,13,19H,4,7H2. The Balaban J connectivity index is 1.89. The van der Waals surface area contributed by atoms with E-state index in [-0.39, 0.29) is 11.1 Å². The molecule has 0 saturated carbocycles. The fourth-order valence-corrected chi connectivity index (χ4v) is 2.91. The summed E-state index contributed by atoms with van der Waals surface area (Å²) < 4.78 is 13.9. The predicted octanol–water partition coefficient (Wildman–Crippen LogP) is 5.23. The maximum atomic E-state index is 13.9. The van der Waals surface area contributed by atoms with E-state index >= 15 is 0 Å². The number of hydrogen-bond acceptors (Lipinski definition) is 1. The van der Waals surface area contributed by atoms with Gasteiger partial charge in [-0.1, -0.05) is 35.3 Å². The van der Waals surface area contributed by atoms with Gasteiger partial charge in [-0.05, 0) is 48.2 Å². The highest BCUT2D eigenvalue weighted by atomic mass is 35.5. The summed E-state index contributed by atoms with van der Waals surface area (Å²) in [6.07, 6.45) is 1.89. The van der Waals surface area contributed by atoms with Crippen molar-refractivity contribution in [1.29, 1.82) is 0 Å². The number of benzene rings is 2. The average Bonchev–Trinajstić information content (AvgIpc) is 2.77. The van der Waals surface area contributed by atoms with Crippen LogP contribution in [-0.2, 0) is 6.42 Å². The predicted molar refractivity (Wildman–Crippen MR) is 77.5 cm³/mol. The topological polar surface area (TPSA) is 12.0 Å². The summed E-state index contributed by atoms with van der Waals surface area (Å²) in [5.74, 6) is -0.397. The van der Waals surface area contributed by atoms with Crippen LogP contribution in [0.5, 0.6) is 0 Å². The Morgan fingerprint density at radius 2 is 2.00 bits per heavy atom. The zero-order chi connectivity index (χ0) is 13.4. The Bertz CT molecular complexity index is 628. The van der Waals surface area contributed by atoms with Crippen LogP contribution >= 0.6 is 23.2 Å². The van der Waals surface area contributed by atoms with Gasteiger partial charge in [0.25, 0.3) is 0 Å². The number of halogens is 3. The fourth-order valence-electron chi connectivity index (χ4n) is 2.54. The maximum absolute atomic E-state index is 13.9.